The first-order valence-electron chi connectivity index (χ1n) is 23.8. The van der Waals surface area contributed by atoms with Crippen molar-refractivity contribution in [3.8, 4) is 0 Å². The largest absolute Gasteiger partial charge is 0.462 e. The van der Waals surface area contributed by atoms with E-state index in [9.17, 15) is 19.8 Å². The molecular weight excluding hydrogens is 659 g/mol. The topological polar surface area (TPSA) is 95.9 Å². The van der Waals surface area contributed by atoms with Crippen LogP contribution in [0.15, 0.2) is 0 Å². The molecule has 0 radical (unpaired) electrons. The molecule has 0 aromatic carbocycles. The standard InChI is InChI=1S/C47H93NO5/c1-4-7-10-13-16-18-20-21-22-23-24-25-26-28-31-34-37-40-47(52)53-43(38-35-32-29-15-12-9-6-3)41-46(51)48-44(42-49)45(50)39-36-33-30-27-19-17-14-11-8-5-2/h43-45,49-50H,4-42H2,1-3H3,(H,48,51). The van der Waals surface area contributed by atoms with Gasteiger partial charge in [-0.1, -0.05) is 226 Å². The predicted molar refractivity (Wildman–Crippen MR) is 227 cm³/mol. The van der Waals surface area contributed by atoms with Gasteiger partial charge in [-0.2, -0.15) is 0 Å². The van der Waals surface area contributed by atoms with E-state index in [1.54, 1.807) is 0 Å². The molecule has 0 bridgehead atoms. The van der Waals surface area contributed by atoms with Crippen molar-refractivity contribution in [2.45, 2.75) is 283 Å². The number of aliphatic hydroxyl groups is 2. The van der Waals surface area contributed by atoms with Gasteiger partial charge in [0.05, 0.1) is 25.2 Å². The summed E-state index contributed by atoms with van der Waals surface area (Å²) in [5.74, 6) is -0.462. The molecule has 0 aromatic heterocycles. The first-order chi connectivity index (χ1) is 26.0. The number of aliphatic hydroxyl groups excluding tert-OH is 2. The van der Waals surface area contributed by atoms with E-state index in [4.69, 9.17) is 4.74 Å². The van der Waals surface area contributed by atoms with Crippen molar-refractivity contribution < 1.29 is 24.5 Å². The second kappa shape index (κ2) is 42.0. The summed E-state index contributed by atoms with van der Waals surface area (Å²) in [7, 11) is 0. The van der Waals surface area contributed by atoms with Gasteiger partial charge in [-0.3, -0.25) is 9.59 Å². The third-order valence-electron chi connectivity index (χ3n) is 11.2. The molecule has 6 nitrogen and oxygen atoms in total. The Morgan fingerprint density at radius 3 is 1.15 bits per heavy atom. The van der Waals surface area contributed by atoms with Gasteiger partial charge in [-0.25, -0.2) is 0 Å². The lowest BCUT2D eigenvalue weighted by atomic mass is 10.0. The van der Waals surface area contributed by atoms with Crippen LogP contribution >= 0.6 is 0 Å². The van der Waals surface area contributed by atoms with Crippen LogP contribution in [0, 0.1) is 0 Å². The van der Waals surface area contributed by atoms with Gasteiger partial charge in [0.15, 0.2) is 0 Å². The third-order valence-corrected chi connectivity index (χ3v) is 11.2. The maximum atomic E-state index is 13.1. The number of ether oxygens (including phenoxy) is 1. The highest BCUT2D eigenvalue weighted by molar-refractivity contribution is 5.77. The van der Waals surface area contributed by atoms with Crippen LogP contribution in [-0.4, -0.2) is 46.9 Å². The number of hydrogen-bond donors (Lipinski definition) is 3. The van der Waals surface area contributed by atoms with Crippen LogP contribution in [0.4, 0.5) is 0 Å². The predicted octanol–water partition coefficient (Wildman–Crippen LogP) is 13.6. The van der Waals surface area contributed by atoms with E-state index in [1.165, 1.54) is 180 Å². The van der Waals surface area contributed by atoms with Crippen molar-refractivity contribution in [1.29, 1.82) is 0 Å². The Morgan fingerprint density at radius 1 is 0.472 bits per heavy atom. The smallest absolute Gasteiger partial charge is 0.306 e. The number of carbonyl (C=O) groups is 2. The van der Waals surface area contributed by atoms with E-state index in [0.717, 1.165) is 38.5 Å². The summed E-state index contributed by atoms with van der Waals surface area (Å²) in [6.07, 6.45) is 43.2. The summed E-state index contributed by atoms with van der Waals surface area (Å²) in [4.78, 5) is 25.9. The number of esters is 1. The summed E-state index contributed by atoms with van der Waals surface area (Å²) in [5, 5.41) is 23.6. The molecule has 0 saturated heterocycles. The van der Waals surface area contributed by atoms with Crippen LogP contribution in [0.5, 0.6) is 0 Å². The molecule has 0 saturated carbocycles. The zero-order chi connectivity index (χ0) is 38.9. The number of rotatable bonds is 43. The first-order valence-corrected chi connectivity index (χ1v) is 23.8. The van der Waals surface area contributed by atoms with E-state index in [1.807, 2.05) is 0 Å². The number of hydrogen-bond acceptors (Lipinski definition) is 5. The Bertz CT molecular complexity index is 761. The minimum absolute atomic E-state index is 0.0854. The zero-order valence-electron chi connectivity index (χ0n) is 35.9. The number of amides is 1. The van der Waals surface area contributed by atoms with Crippen molar-refractivity contribution in [3.63, 3.8) is 0 Å². The van der Waals surface area contributed by atoms with Gasteiger partial charge in [0.25, 0.3) is 0 Å². The highest BCUT2D eigenvalue weighted by Gasteiger charge is 2.24. The molecule has 3 N–H and O–H groups in total. The molecule has 0 spiro atoms. The quantitative estimate of drug-likeness (QED) is 0.0426. The van der Waals surface area contributed by atoms with Gasteiger partial charge < -0.3 is 20.3 Å². The van der Waals surface area contributed by atoms with Gasteiger partial charge >= 0.3 is 5.97 Å². The van der Waals surface area contributed by atoms with E-state index >= 15 is 0 Å². The van der Waals surface area contributed by atoms with Gasteiger partial charge in [0.1, 0.15) is 6.10 Å². The molecule has 3 unspecified atom stereocenters. The van der Waals surface area contributed by atoms with Crippen LogP contribution in [0.2, 0.25) is 0 Å². The van der Waals surface area contributed by atoms with Gasteiger partial charge in [0, 0.05) is 6.42 Å². The highest BCUT2D eigenvalue weighted by Crippen LogP contribution is 2.18. The number of unbranched alkanes of at least 4 members (excludes halogenated alkanes) is 31. The summed E-state index contributed by atoms with van der Waals surface area (Å²) in [6, 6.07) is -0.689. The molecule has 0 aliphatic rings. The minimum atomic E-state index is -0.776. The normalized spacial score (nSPS) is 13.2. The maximum Gasteiger partial charge on any atom is 0.306 e. The molecule has 53 heavy (non-hydrogen) atoms. The summed E-state index contributed by atoms with van der Waals surface area (Å²) in [6.45, 7) is 6.45. The molecule has 3 atom stereocenters. The van der Waals surface area contributed by atoms with Crippen molar-refractivity contribution in [2.24, 2.45) is 0 Å². The van der Waals surface area contributed by atoms with Crippen LogP contribution in [0.3, 0.4) is 0 Å². The van der Waals surface area contributed by atoms with Crippen LogP contribution in [-0.2, 0) is 14.3 Å². The molecule has 6 heteroatoms. The summed E-state index contributed by atoms with van der Waals surface area (Å²) in [5.41, 5.74) is 0. The van der Waals surface area contributed by atoms with Crippen molar-refractivity contribution in [1.82, 2.24) is 5.32 Å². The highest BCUT2D eigenvalue weighted by atomic mass is 16.5. The van der Waals surface area contributed by atoms with Crippen molar-refractivity contribution >= 4 is 11.9 Å². The monoisotopic (exact) mass is 752 g/mol. The van der Waals surface area contributed by atoms with Gasteiger partial charge in [0.2, 0.25) is 5.91 Å². The molecule has 316 valence electrons. The van der Waals surface area contributed by atoms with Crippen LogP contribution in [0.25, 0.3) is 0 Å². The van der Waals surface area contributed by atoms with Gasteiger partial charge in [-0.05, 0) is 25.7 Å². The Hall–Kier alpha value is -1.14. The van der Waals surface area contributed by atoms with Crippen LogP contribution < -0.4 is 5.32 Å². The molecule has 0 aromatic rings. The fourth-order valence-corrected chi connectivity index (χ4v) is 7.55. The molecular formula is C47H93NO5. The Labute approximate surface area is 330 Å². The lowest BCUT2D eigenvalue weighted by Crippen LogP contribution is -2.46. The molecule has 0 aliphatic heterocycles. The van der Waals surface area contributed by atoms with Crippen molar-refractivity contribution in [2.75, 3.05) is 6.61 Å². The van der Waals surface area contributed by atoms with Crippen LogP contribution in [0.1, 0.15) is 265 Å². The second-order valence-corrected chi connectivity index (χ2v) is 16.5. The fraction of sp³-hybridized carbons (Fsp3) is 0.957. The number of carbonyl (C=O) groups excluding carboxylic acids is 2. The zero-order valence-corrected chi connectivity index (χ0v) is 35.9. The summed E-state index contributed by atoms with van der Waals surface area (Å²) >= 11 is 0. The fourth-order valence-electron chi connectivity index (χ4n) is 7.55. The lowest BCUT2D eigenvalue weighted by molar-refractivity contribution is -0.151. The molecule has 0 rings (SSSR count). The van der Waals surface area contributed by atoms with E-state index in [2.05, 4.69) is 26.1 Å². The van der Waals surface area contributed by atoms with Crippen molar-refractivity contribution in [3.05, 3.63) is 0 Å². The van der Waals surface area contributed by atoms with E-state index in [0.29, 0.717) is 19.3 Å². The SMILES string of the molecule is CCCCCCCCCCCCCCCCCCCC(=O)OC(CCCCCCCCC)CC(=O)NC(CO)C(O)CCCCCCCCCCCC. The van der Waals surface area contributed by atoms with Gasteiger partial charge in [-0.15, -0.1) is 0 Å². The molecule has 0 heterocycles. The second-order valence-electron chi connectivity index (χ2n) is 16.5. The average molecular weight is 752 g/mol. The molecule has 1 amide bonds. The lowest BCUT2D eigenvalue weighted by Gasteiger charge is -2.24. The first kappa shape index (κ1) is 51.9. The maximum absolute atomic E-state index is 13.1. The third kappa shape index (κ3) is 37.6. The average Bonchev–Trinajstić information content (AvgIpc) is 3.15. The number of nitrogens with one attached hydrogen (secondary N) is 1. The van der Waals surface area contributed by atoms with E-state index < -0.39 is 18.2 Å². The minimum Gasteiger partial charge on any atom is -0.462 e. The molecule has 0 aliphatic carbocycles. The summed E-state index contributed by atoms with van der Waals surface area (Å²) < 4.78 is 5.89. The Balaban J connectivity index is 4.33. The Morgan fingerprint density at radius 2 is 0.792 bits per heavy atom. The Kier molecular flexibility index (Phi) is 41.1. The van der Waals surface area contributed by atoms with E-state index in [-0.39, 0.29) is 24.9 Å². The molecule has 0 fully saturated rings.